The minimum Gasteiger partial charge on any atom is -0.456 e. The number of carbonyl (C=O) groups is 1. The lowest BCUT2D eigenvalue weighted by molar-refractivity contribution is 0.0477. The lowest BCUT2D eigenvalue weighted by Gasteiger charge is -2.03. The minimum absolute atomic E-state index is 0.318. The third-order valence-electron chi connectivity index (χ3n) is 2.56. The Labute approximate surface area is 110 Å². The summed E-state index contributed by atoms with van der Waals surface area (Å²) in [5, 5.41) is 0. The maximum absolute atomic E-state index is 11.7. The van der Waals surface area contributed by atoms with E-state index in [0.717, 1.165) is 11.3 Å². The summed E-state index contributed by atoms with van der Waals surface area (Å²) in [5.74, 6) is -0.318. The zero-order valence-corrected chi connectivity index (χ0v) is 11.0. The molecule has 1 aromatic carbocycles. The molecule has 2 aromatic rings. The van der Waals surface area contributed by atoms with Crippen molar-refractivity contribution in [3.8, 4) is 0 Å². The highest BCUT2D eigenvalue weighted by atomic mass is 32.1. The van der Waals surface area contributed by atoms with E-state index in [9.17, 15) is 4.79 Å². The summed E-state index contributed by atoms with van der Waals surface area (Å²) in [6.45, 7) is 2.43. The largest absolute Gasteiger partial charge is 0.456 e. The van der Waals surface area contributed by atoms with E-state index in [1.807, 2.05) is 6.07 Å². The number of hydrogen-bond donors (Lipinski definition) is 1. The van der Waals surface area contributed by atoms with Gasteiger partial charge in [-0.05, 0) is 42.8 Å². The predicted octanol–water partition coefficient (Wildman–Crippen LogP) is 3.25. The van der Waals surface area contributed by atoms with E-state index in [0.29, 0.717) is 17.9 Å². The van der Waals surface area contributed by atoms with E-state index >= 15 is 0 Å². The van der Waals surface area contributed by atoms with E-state index in [1.165, 1.54) is 4.88 Å². The van der Waals surface area contributed by atoms with Crippen LogP contribution in [0.4, 0.5) is 5.69 Å². The van der Waals surface area contributed by atoms with Crippen LogP contribution in [0.5, 0.6) is 0 Å². The van der Waals surface area contributed by atoms with Gasteiger partial charge in [0.25, 0.3) is 0 Å². The fourth-order valence-electron chi connectivity index (χ4n) is 1.53. The molecule has 0 amide bonds. The van der Waals surface area contributed by atoms with Gasteiger partial charge in [-0.2, -0.15) is 0 Å². The third kappa shape index (κ3) is 3.11. The van der Waals surface area contributed by atoms with Crippen molar-refractivity contribution in [2.75, 3.05) is 5.73 Å². The molecule has 0 saturated carbocycles. The highest BCUT2D eigenvalue weighted by Crippen LogP contribution is 2.18. The Morgan fingerprint density at radius 3 is 2.44 bits per heavy atom. The Morgan fingerprint density at radius 2 is 1.83 bits per heavy atom. The standard InChI is InChI=1S/C14H15NO2S/c1-2-12-7-8-13(18-12)9-17-14(16)10-3-5-11(15)6-4-10/h3-8H,2,9,15H2,1H3. The molecule has 0 spiro atoms. The number of nitrogens with two attached hydrogens (primary N) is 1. The molecule has 2 rings (SSSR count). The second kappa shape index (κ2) is 5.69. The number of carbonyl (C=O) groups excluding carboxylic acids is 1. The first-order valence-electron chi connectivity index (χ1n) is 5.79. The van der Waals surface area contributed by atoms with Gasteiger partial charge in [-0.15, -0.1) is 11.3 Å². The van der Waals surface area contributed by atoms with Gasteiger partial charge in [-0.3, -0.25) is 0 Å². The van der Waals surface area contributed by atoms with Crippen LogP contribution in [0.3, 0.4) is 0 Å². The van der Waals surface area contributed by atoms with Gasteiger partial charge in [0.15, 0.2) is 0 Å². The topological polar surface area (TPSA) is 52.3 Å². The van der Waals surface area contributed by atoms with E-state index in [-0.39, 0.29) is 5.97 Å². The summed E-state index contributed by atoms with van der Waals surface area (Å²) in [5.41, 5.74) is 6.72. The van der Waals surface area contributed by atoms with Gasteiger partial charge in [0.1, 0.15) is 6.61 Å². The Bertz CT molecular complexity index is 531. The van der Waals surface area contributed by atoms with Crippen molar-refractivity contribution >= 4 is 23.0 Å². The van der Waals surface area contributed by atoms with Crippen LogP contribution < -0.4 is 5.73 Å². The molecule has 0 atom stereocenters. The predicted molar refractivity (Wildman–Crippen MR) is 73.7 cm³/mol. The maximum Gasteiger partial charge on any atom is 0.338 e. The number of anilines is 1. The molecule has 0 aliphatic carbocycles. The zero-order chi connectivity index (χ0) is 13.0. The van der Waals surface area contributed by atoms with Crippen molar-refractivity contribution < 1.29 is 9.53 Å². The molecule has 18 heavy (non-hydrogen) atoms. The SMILES string of the molecule is CCc1ccc(COC(=O)c2ccc(N)cc2)s1. The fourth-order valence-corrected chi connectivity index (χ4v) is 2.40. The Balaban J connectivity index is 1.93. The number of benzene rings is 1. The van der Waals surface area contributed by atoms with Crippen LogP contribution in [-0.2, 0) is 17.8 Å². The van der Waals surface area contributed by atoms with Gasteiger partial charge < -0.3 is 10.5 Å². The fraction of sp³-hybridized carbons (Fsp3) is 0.214. The molecule has 0 unspecified atom stereocenters. The number of hydrogen-bond acceptors (Lipinski definition) is 4. The van der Waals surface area contributed by atoms with Crippen LogP contribution >= 0.6 is 11.3 Å². The summed E-state index contributed by atoms with van der Waals surface area (Å²) in [6.07, 6.45) is 1.01. The number of nitrogen functional groups attached to an aromatic ring is 1. The molecule has 1 heterocycles. The lowest BCUT2D eigenvalue weighted by Crippen LogP contribution is -2.04. The first-order valence-corrected chi connectivity index (χ1v) is 6.61. The number of ether oxygens (including phenoxy) is 1. The van der Waals surface area contributed by atoms with E-state index in [2.05, 4.69) is 13.0 Å². The first-order chi connectivity index (χ1) is 8.69. The molecule has 0 aliphatic heterocycles. The monoisotopic (exact) mass is 261 g/mol. The van der Waals surface area contributed by atoms with Crippen LogP contribution in [0.2, 0.25) is 0 Å². The van der Waals surface area contributed by atoms with Crippen LogP contribution in [-0.4, -0.2) is 5.97 Å². The summed E-state index contributed by atoms with van der Waals surface area (Å²) in [7, 11) is 0. The Morgan fingerprint density at radius 1 is 1.17 bits per heavy atom. The average Bonchev–Trinajstić information content (AvgIpc) is 2.85. The molecule has 3 nitrogen and oxygen atoms in total. The molecule has 0 bridgehead atoms. The van der Waals surface area contributed by atoms with Crippen molar-refractivity contribution in [1.82, 2.24) is 0 Å². The lowest BCUT2D eigenvalue weighted by atomic mass is 10.2. The molecular weight excluding hydrogens is 246 g/mol. The molecule has 4 heteroatoms. The summed E-state index contributed by atoms with van der Waals surface area (Å²) >= 11 is 1.68. The van der Waals surface area contributed by atoms with Gasteiger partial charge in [0, 0.05) is 15.4 Å². The normalized spacial score (nSPS) is 10.3. The number of thiophene rings is 1. The van der Waals surface area contributed by atoms with Crippen molar-refractivity contribution in [3.63, 3.8) is 0 Å². The van der Waals surface area contributed by atoms with Crippen LogP contribution in [0.1, 0.15) is 27.0 Å². The molecule has 0 aliphatic rings. The number of rotatable bonds is 4. The van der Waals surface area contributed by atoms with E-state index in [4.69, 9.17) is 10.5 Å². The molecular formula is C14H15NO2S. The maximum atomic E-state index is 11.7. The first kappa shape index (κ1) is 12.6. The average molecular weight is 261 g/mol. The number of esters is 1. The molecule has 0 fully saturated rings. The summed E-state index contributed by atoms with van der Waals surface area (Å²) in [4.78, 5) is 14.1. The van der Waals surface area contributed by atoms with Crippen LogP contribution in [0, 0.1) is 0 Å². The van der Waals surface area contributed by atoms with Crippen LogP contribution in [0.15, 0.2) is 36.4 Å². The van der Waals surface area contributed by atoms with Crippen LogP contribution in [0.25, 0.3) is 0 Å². The van der Waals surface area contributed by atoms with Crippen molar-refractivity contribution in [1.29, 1.82) is 0 Å². The summed E-state index contributed by atoms with van der Waals surface area (Å²) in [6, 6.07) is 10.8. The van der Waals surface area contributed by atoms with E-state index in [1.54, 1.807) is 35.6 Å². The smallest absolute Gasteiger partial charge is 0.338 e. The Hall–Kier alpha value is -1.81. The molecule has 0 saturated heterocycles. The van der Waals surface area contributed by atoms with Gasteiger partial charge in [-0.25, -0.2) is 4.79 Å². The Kier molecular flexibility index (Phi) is 3.99. The second-order valence-electron chi connectivity index (χ2n) is 3.92. The molecule has 1 aromatic heterocycles. The minimum atomic E-state index is -0.318. The van der Waals surface area contributed by atoms with Crippen molar-refractivity contribution in [2.24, 2.45) is 0 Å². The van der Waals surface area contributed by atoms with Gasteiger partial charge >= 0.3 is 5.97 Å². The van der Waals surface area contributed by atoms with Gasteiger partial charge in [-0.1, -0.05) is 6.92 Å². The molecule has 0 radical (unpaired) electrons. The molecule has 2 N–H and O–H groups in total. The van der Waals surface area contributed by atoms with Gasteiger partial charge in [0.05, 0.1) is 5.56 Å². The van der Waals surface area contributed by atoms with Gasteiger partial charge in [0.2, 0.25) is 0 Å². The highest BCUT2D eigenvalue weighted by Gasteiger charge is 2.07. The summed E-state index contributed by atoms with van der Waals surface area (Å²) < 4.78 is 5.24. The van der Waals surface area contributed by atoms with E-state index < -0.39 is 0 Å². The quantitative estimate of drug-likeness (QED) is 0.679. The molecule has 94 valence electrons. The second-order valence-corrected chi connectivity index (χ2v) is 5.17. The third-order valence-corrected chi connectivity index (χ3v) is 3.76. The van der Waals surface area contributed by atoms with Crippen molar-refractivity contribution in [2.45, 2.75) is 20.0 Å². The number of aryl methyl sites for hydroxylation is 1. The van der Waals surface area contributed by atoms with Crippen molar-refractivity contribution in [3.05, 3.63) is 51.7 Å². The highest BCUT2D eigenvalue weighted by molar-refractivity contribution is 7.11. The zero-order valence-electron chi connectivity index (χ0n) is 10.2.